The lowest BCUT2D eigenvalue weighted by atomic mass is 10.0. The number of aliphatic hydroxyl groups is 1. The van der Waals surface area contributed by atoms with Crippen molar-refractivity contribution in [1.29, 1.82) is 0 Å². The Bertz CT molecular complexity index is 963. The quantitative estimate of drug-likeness (QED) is 0.334. The van der Waals surface area contributed by atoms with Crippen LogP contribution in [0.5, 0.6) is 5.75 Å². The Balaban J connectivity index is 2.56. The molecule has 0 aromatic heterocycles. The number of aliphatic hydroxyl groups excluding tert-OH is 1. The van der Waals surface area contributed by atoms with E-state index in [0.29, 0.717) is 12.0 Å². The molecule has 0 aliphatic heterocycles. The van der Waals surface area contributed by atoms with E-state index in [-0.39, 0.29) is 16.8 Å². The topological polar surface area (TPSA) is 85.2 Å². The molecule has 29 heavy (non-hydrogen) atoms. The summed E-state index contributed by atoms with van der Waals surface area (Å²) in [6.45, 7) is 0. The Hall–Kier alpha value is -3.62. The average Bonchev–Trinajstić information content (AvgIpc) is 2.72. The molecule has 0 heterocycles. The second kappa shape index (κ2) is 9.05. The summed E-state index contributed by atoms with van der Waals surface area (Å²) < 4.78 is 48.6. The standard InChI is InChI=1S/C20H16F3NO5/c1-28-13-9-7-12(8-10-13)17(25)15(18(26)20(21,22)23)11-24-16-6-4-3-5-14(16)19(27)29-2/h3-11,25H,1-2H3. The Morgan fingerprint density at radius 2 is 1.66 bits per heavy atom. The number of rotatable bonds is 6. The molecule has 0 aliphatic rings. The molecule has 0 saturated heterocycles. The van der Waals surface area contributed by atoms with Crippen LogP contribution in [0.2, 0.25) is 0 Å². The van der Waals surface area contributed by atoms with Crippen molar-refractivity contribution < 1.29 is 37.3 Å². The summed E-state index contributed by atoms with van der Waals surface area (Å²) in [6, 6.07) is 11.1. The van der Waals surface area contributed by atoms with Gasteiger partial charge in [0.1, 0.15) is 11.5 Å². The van der Waals surface area contributed by atoms with Gasteiger partial charge in [-0.3, -0.25) is 9.79 Å². The maximum atomic E-state index is 13.0. The number of nitrogens with zero attached hydrogens (tertiary/aromatic N) is 1. The number of ketones is 1. The highest BCUT2D eigenvalue weighted by atomic mass is 19.4. The molecule has 2 aromatic rings. The molecule has 6 nitrogen and oxygen atoms in total. The third-order valence-electron chi connectivity index (χ3n) is 3.76. The summed E-state index contributed by atoms with van der Waals surface area (Å²) in [4.78, 5) is 27.4. The lowest BCUT2D eigenvalue weighted by Crippen LogP contribution is -2.26. The fourth-order valence-electron chi connectivity index (χ4n) is 2.29. The average molecular weight is 407 g/mol. The first-order valence-electron chi connectivity index (χ1n) is 8.09. The zero-order valence-electron chi connectivity index (χ0n) is 15.4. The van der Waals surface area contributed by atoms with E-state index in [0.717, 1.165) is 7.11 Å². The van der Waals surface area contributed by atoms with E-state index in [4.69, 9.17) is 4.74 Å². The second-order valence-corrected chi connectivity index (χ2v) is 5.58. The number of halogens is 3. The number of ether oxygens (including phenoxy) is 2. The summed E-state index contributed by atoms with van der Waals surface area (Å²) in [5.41, 5.74) is -1.18. The van der Waals surface area contributed by atoms with Crippen molar-refractivity contribution in [3.8, 4) is 5.75 Å². The van der Waals surface area contributed by atoms with Crippen molar-refractivity contribution in [3.63, 3.8) is 0 Å². The van der Waals surface area contributed by atoms with Crippen LogP contribution < -0.4 is 4.74 Å². The third kappa shape index (κ3) is 5.22. The highest BCUT2D eigenvalue weighted by Gasteiger charge is 2.41. The van der Waals surface area contributed by atoms with Crippen molar-refractivity contribution >= 4 is 29.4 Å². The smallest absolute Gasteiger partial charge is 0.455 e. The lowest BCUT2D eigenvalue weighted by molar-refractivity contribution is -0.165. The minimum Gasteiger partial charge on any atom is -0.506 e. The maximum Gasteiger partial charge on any atom is 0.455 e. The summed E-state index contributed by atoms with van der Waals surface area (Å²) in [6.07, 6.45) is -4.68. The van der Waals surface area contributed by atoms with Crippen LogP contribution >= 0.6 is 0 Å². The highest BCUT2D eigenvalue weighted by Crippen LogP contribution is 2.27. The largest absolute Gasteiger partial charge is 0.506 e. The van der Waals surface area contributed by atoms with Gasteiger partial charge in [-0.2, -0.15) is 13.2 Å². The van der Waals surface area contributed by atoms with Crippen molar-refractivity contribution in [2.24, 2.45) is 4.99 Å². The number of benzene rings is 2. The van der Waals surface area contributed by atoms with Crippen molar-refractivity contribution in [3.05, 3.63) is 65.2 Å². The van der Waals surface area contributed by atoms with Gasteiger partial charge in [-0.1, -0.05) is 12.1 Å². The zero-order valence-corrected chi connectivity index (χ0v) is 15.4. The first-order valence-corrected chi connectivity index (χ1v) is 8.09. The van der Waals surface area contributed by atoms with Gasteiger partial charge < -0.3 is 14.6 Å². The number of alkyl halides is 3. The van der Waals surface area contributed by atoms with Crippen LogP contribution in [0.1, 0.15) is 15.9 Å². The molecule has 0 spiro atoms. The molecule has 0 radical (unpaired) electrons. The fraction of sp³-hybridized carbons (Fsp3) is 0.150. The molecule has 1 N–H and O–H groups in total. The Morgan fingerprint density at radius 1 is 1.03 bits per heavy atom. The minimum atomic E-state index is -5.25. The monoisotopic (exact) mass is 407 g/mol. The van der Waals surface area contributed by atoms with Gasteiger partial charge in [-0.05, 0) is 36.4 Å². The number of allylic oxidation sites excluding steroid dienone is 1. The number of aliphatic imine (C=N–C) groups is 1. The first kappa shape index (κ1) is 21.7. The number of para-hydroxylation sites is 1. The van der Waals surface area contributed by atoms with Gasteiger partial charge in [0.15, 0.2) is 0 Å². The van der Waals surface area contributed by atoms with Gasteiger partial charge >= 0.3 is 12.1 Å². The van der Waals surface area contributed by atoms with E-state index >= 15 is 0 Å². The molecule has 0 bridgehead atoms. The normalized spacial score (nSPS) is 12.4. The van der Waals surface area contributed by atoms with Crippen LogP contribution in [0.3, 0.4) is 0 Å². The van der Waals surface area contributed by atoms with E-state index in [2.05, 4.69) is 9.73 Å². The molecule has 0 amide bonds. The molecule has 0 unspecified atom stereocenters. The van der Waals surface area contributed by atoms with E-state index in [1.165, 1.54) is 55.6 Å². The molecule has 0 fully saturated rings. The van der Waals surface area contributed by atoms with Gasteiger partial charge in [0, 0.05) is 11.8 Å². The molecule has 9 heteroatoms. The SMILES string of the molecule is COC(=O)c1ccccc1N=CC(C(=O)C(F)(F)F)=C(O)c1ccc(OC)cc1. The molecule has 2 aromatic carbocycles. The van der Waals surface area contributed by atoms with Crippen molar-refractivity contribution in [1.82, 2.24) is 0 Å². The van der Waals surface area contributed by atoms with Gasteiger partial charge in [0.2, 0.25) is 0 Å². The van der Waals surface area contributed by atoms with Crippen LogP contribution in [0, 0.1) is 0 Å². The summed E-state index contributed by atoms with van der Waals surface area (Å²) >= 11 is 0. The van der Waals surface area contributed by atoms with Crippen LogP contribution in [-0.4, -0.2) is 43.5 Å². The Kier molecular flexibility index (Phi) is 6.76. The molecule has 0 atom stereocenters. The minimum absolute atomic E-state index is 0.0194. The summed E-state index contributed by atoms with van der Waals surface area (Å²) in [5, 5.41) is 10.3. The third-order valence-corrected chi connectivity index (χ3v) is 3.76. The first-order chi connectivity index (χ1) is 13.7. The van der Waals surface area contributed by atoms with Gasteiger partial charge in [-0.25, -0.2) is 4.79 Å². The molecule has 2 rings (SSSR count). The second-order valence-electron chi connectivity index (χ2n) is 5.58. The van der Waals surface area contributed by atoms with Crippen LogP contribution in [0.25, 0.3) is 5.76 Å². The number of esters is 1. The number of hydrogen-bond acceptors (Lipinski definition) is 6. The van der Waals surface area contributed by atoms with Crippen LogP contribution in [0.4, 0.5) is 18.9 Å². The fourth-order valence-corrected chi connectivity index (χ4v) is 2.29. The van der Waals surface area contributed by atoms with Crippen molar-refractivity contribution in [2.45, 2.75) is 6.18 Å². The van der Waals surface area contributed by atoms with Crippen molar-refractivity contribution in [2.75, 3.05) is 14.2 Å². The Morgan fingerprint density at radius 3 is 2.21 bits per heavy atom. The molecule has 0 aliphatic carbocycles. The Labute approximate surface area is 163 Å². The summed E-state index contributed by atoms with van der Waals surface area (Å²) in [5.74, 6) is -3.56. The lowest BCUT2D eigenvalue weighted by Gasteiger charge is -2.10. The van der Waals surface area contributed by atoms with Gasteiger partial charge in [0.25, 0.3) is 5.78 Å². The van der Waals surface area contributed by atoms with Crippen LogP contribution in [0.15, 0.2) is 59.1 Å². The number of methoxy groups -OCH3 is 2. The van der Waals surface area contributed by atoms with Gasteiger partial charge in [-0.15, -0.1) is 0 Å². The van der Waals surface area contributed by atoms with Crippen LogP contribution in [-0.2, 0) is 9.53 Å². The van der Waals surface area contributed by atoms with E-state index < -0.39 is 29.3 Å². The van der Waals surface area contributed by atoms with Gasteiger partial charge in [0.05, 0.1) is 31.0 Å². The molecular formula is C20H16F3NO5. The number of hydrogen-bond donors (Lipinski definition) is 1. The molecule has 152 valence electrons. The maximum absolute atomic E-state index is 13.0. The molecule has 0 saturated carbocycles. The predicted octanol–water partition coefficient (Wildman–Crippen LogP) is 4.28. The zero-order chi connectivity index (χ0) is 21.6. The highest BCUT2D eigenvalue weighted by molar-refractivity contribution is 6.20. The number of carbonyl (C=O) groups excluding carboxylic acids is 2. The van der Waals surface area contributed by atoms with E-state index in [9.17, 15) is 27.9 Å². The van der Waals surface area contributed by atoms with E-state index in [1.807, 2.05) is 0 Å². The van der Waals surface area contributed by atoms with E-state index in [1.54, 1.807) is 0 Å². The molecular weight excluding hydrogens is 391 g/mol. The summed E-state index contributed by atoms with van der Waals surface area (Å²) in [7, 11) is 2.53. The number of carbonyl (C=O) groups is 2. The number of Topliss-reactive ketones (excluding diaryl/α,β-unsaturated/α-hetero) is 1. The predicted molar refractivity (Wildman–Crippen MR) is 99.5 cm³/mol.